The maximum absolute atomic E-state index is 12.7. The molecule has 2 aromatic rings. The number of hydrogen-bond acceptors (Lipinski definition) is 4. The van der Waals surface area contributed by atoms with Gasteiger partial charge in [0.25, 0.3) is 5.91 Å². The summed E-state index contributed by atoms with van der Waals surface area (Å²) in [5.74, 6) is 0.551. The van der Waals surface area contributed by atoms with Crippen molar-refractivity contribution in [3.8, 4) is 5.88 Å². The minimum atomic E-state index is 0.0688. The highest BCUT2D eigenvalue weighted by atomic mass is 16.5. The van der Waals surface area contributed by atoms with Crippen molar-refractivity contribution < 1.29 is 9.53 Å². The summed E-state index contributed by atoms with van der Waals surface area (Å²) in [5.41, 5.74) is 3.65. The van der Waals surface area contributed by atoms with E-state index in [9.17, 15) is 4.79 Å². The van der Waals surface area contributed by atoms with Crippen LogP contribution in [0.25, 0.3) is 0 Å². The van der Waals surface area contributed by atoms with Crippen molar-refractivity contribution >= 4 is 5.91 Å². The number of amides is 1. The Morgan fingerprint density at radius 3 is 2.65 bits per heavy atom. The third kappa shape index (κ3) is 3.44. The molecule has 1 amide bonds. The van der Waals surface area contributed by atoms with Crippen molar-refractivity contribution in [3.63, 3.8) is 0 Å². The fourth-order valence-electron chi connectivity index (χ4n) is 4.12. The summed E-state index contributed by atoms with van der Waals surface area (Å²) in [7, 11) is 1.57. The Morgan fingerprint density at radius 2 is 1.88 bits per heavy atom. The number of aromatic nitrogens is 1. The first-order valence-electron chi connectivity index (χ1n) is 9.35. The Bertz CT molecular complexity index is 784. The van der Waals surface area contributed by atoms with E-state index in [1.54, 1.807) is 25.4 Å². The molecule has 1 saturated heterocycles. The van der Waals surface area contributed by atoms with Gasteiger partial charge in [0.2, 0.25) is 5.88 Å². The van der Waals surface area contributed by atoms with Gasteiger partial charge in [-0.05, 0) is 36.5 Å². The van der Waals surface area contributed by atoms with Crippen LogP contribution in [0, 0.1) is 0 Å². The van der Waals surface area contributed by atoms with Crippen LogP contribution in [0.15, 0.2) is 42.6 Å². The highest BCUT2D eigenvalue weighted by Crippen LogP contribution is 2.25. The molecule has 4 rings (SSSR count). The first-order valence-corrected chi connectivity index (χ1v) is 9.35. The predicted octanol–water partition coefficient (Wildman–Crippen LogP) is 2.41. The minimum Gasteiger partial charge on any atom is -0.481 e. The molecule has 136 valence electrons. The summed E-state index contributed by atoms with van der Waals surface area (Å²) in [6, 6.07) is 12.9. The fourth-order valence-corrected chi connectivity index (χ4v) is 4.12. The first-order chi connectivity index (χ1) is 12.7. The van der Waals surface area contributed by atoms with E-state index >= 15 is 0 Å². The number of carbonyl (C=O) groups is 1. The largest absolute Gasteiger partial charge is 0.481 e. The zero-order valence-electron chi connectivity index (χ0n) is 15.2. The molecule has 1 aliphatic carbocycles. The number of rotatable bonds is 3. The number of aryl methyl sites for hydroxylation is 1. The highest BCUT2D eigenvalue weighted by molar-refractivity contribution is 5.94. The predicted molar refractivity (Wildman–Crippen MR) is 101 cm³/mol. The molecule has 1 aliphatic heterocycles. The van der Waals surface area contributed by atoms with Gasteiger partial charge in [-0.15, -0.1) is 0 Å². The molecule has 1 aromatic carbocycles. The van der Waals surface area contributed by atoms with Crippen molar-refractivity contribution in [1.82, 2.24) is 14.8 Å². The van der Waals surface area contributed by atoms with Crippen LogP contribution in [0.2, 0.25) is 0 Å². The summed E-state index contributed by atoms with van der Waals surface area (Å²) in [4.78, 5) is 21.3. The van der Waals surface area contributed by atoms with Crippen molar-refractivity contribution in [2.45, 2.75) is 25.3 Å². The number of benzene rings is 1. The smallest absolute Gasteiger partial charge is 0.254 e. The molecule has 2 heterocycles. The molecule has 0 N–H and O–H groups in total. The Labute approximate surface area is 154 Å². The number of pyridine rings is 1. The molecular formula is C21H25N3O2. The van der Waals surface area contributed by atoms with Gasteiger partial charge < -0.3 is 9.64 Å². The lowest BCUT2D eigenvalue weighted by Crippen LogP contribution is -2.53. The van der Waals surface area contributed by atoms with Crippen LogP contribution >= 0.6 is 0 Å². The summed E-state index contributed by atoms with van der Waals surface area (Å²) in [6.07, 6.45) is 5.14. The van der Waals surface area contributed by atoms with Crippen molar-refractivity contribution in [2.24, 2.45) is 0 Å². The Balaban J connectivity index is 1.36. The summed E-state index contributed by atoms with van der Waals surface area (Å²) in [5, 5.41) is 0. The molecule has 2 aliphatic rings. The van der Waals surface area contributed by atoms with Gasteiger partial charge in [-0.1, -0.05) is 24.3 Å². The van der Waals surface area contributed by atoms with Gasteiger partial charge in [0.1, 0.15) is 0 Å². The molecule has 0 radical (unpaired) electrons. The van der Waals surface area contributed by atoms with Gasteiger partial charge in [0.05, 0.1) is 7.11 Å². The zero-order valence-corrected chi connectivity index (χ0v) is 15.2. The molecule has 0 unspecified atom stereocenters. The standard InChI is InChI=1S/C21H25N3O2/c1-26-20-15-18(8-9-22-20)21(25)24-12-10-23(11-13-24)19-7-6-16-4-2-3-5-17(16)14-19/h2-5,8-9,15,19H,6-7,10-14H2,1H3/t19-/m0/s1. The Hall–Kier alpha value is -2.40. The maximum atomic E-state index is 12.7. The van der Waals surface area contributed by atoms with Crippen LogP contribution in [0.5, 0.6) is 5.88 Å². The molecule has 5 nitrogen and oxygen atoms in total. The second kappa shape index (κ2) is 7.46. The second-order valence-corrected chi connectivity index (χ2v) is 7.08. The molecule has 5 heteroatoms. The number of methoxy groups -OCH3 is 1. The van der Waals surface area contributed by atoms with Crippen molar-refractivity contribution in [1.29, 1.82) is 0 Å². The second-order valence-electron chi connectivity index (χ2n) is 7.08. The molecule has 1 aromatic heterocycles. The summed E-state index contributed by atoms with van der Waals surface area (Å²) >= 11 is 0. The van der Waals surface area contributed by atoms with E-state index in [0.717, 1.165) is 39.0 Å². The van der Waals surface area contributed by atoms with Crippen LogP contribution < -0.4 is 4.74 Å². The number of piperazine rings is 1. The molecule has 26 heavy (non-hydrogen) atoms. The normalized spacial score (nSPS) is 20.5. The number of hydrogen-bond donors (Lipinski definition) is 0. The van der Waals surface area contributed by atoms with E-state index in [0.29, 0.717) is 17.5 Å². The Kier molecular flexibility index (Phi) is 4.89. The van der Waals surface area contributed by atoms with Gasteiger partial charge in [-0.25, -0.2) is 4.98 Å². The van der Waals surface area contributed by atoms with E-state index < -0.39 is 0 Å². The van der Waals surface area contributed by atoms with Crippen LogP contribution in [0.3, 0.4) is 0 Å². The zero-order chi connectivity index (χ0) is 17.9. The first kappa shape index (κ1) is 17.0. The van der Waals surface area contributed by atoms with Gasteiger partial charge in [-0.3, -0.25) is 9.69 Å². The van der Waals surface area contributed by atoms with Crippen molar-refractivity contribution in [3.05, 3.63) is 59.3 Å². The quantitative estimate of drug-likeness (QED) is 0.852. The molecule has 0 saturated carbocycles. The van der Waals surface area contributed by atoms with E-state index in [1.165, 1.54) is 17.5 Å². The van der Waals surface area contributed by atoms with E-state index in [-0.39, 0.29) is 5.91 Å². The average Bonchev–Trinajstić information content (AvgIpc) is 2.73. The molecule has 0 spiro atoms. The van der Waals surface area contributed by atoms with E-state index in [2.05, 4.69) is 34.1 Å². The monoisotopic (exact) mass is 351 g/mol. The third-order valence-electron chi connectivity index (χ3n) is 5.63. The van der Waals surface area contributed by atoms with Crippen LogP contribution in [0.4, 0.5) is 0 Å². The molecule has 1 fully saturated rings. The number of ether oxygens (including phenoxy) is 1. The lowest BCUT2D eigenvalue weighted by Gasteiger charge is -2.41. The minimum absolute atomic E-state index is 0.0688. The summed E-state index contributed by atoms with van der Waals surface area (Å²) in [6.45, 7) is 3.45. The van der Waals surface area contributed by atoms with Gasteiger partial charge in [0.15, 0.2) is 0 Å². The highest BCUT2D eigenvalue weighted by Gasteiger charge is 2.29. The Morgan fingerprint density at radius 1 is 1.12 bits per heavy atom. The van der Waals surface area contributed by atoms with Gasteiger partial charge in [0, 0.05) is 50.0 Å². The topological polar surface area (TPSA) is 45.7 Å². The molecule has 0 bridgehead atoms. The number of nitrogens with zero attached hydrogens (tertiary/aromatic N) is 3. The van der Waals surface area contributed by atoms with Crippen LogP contribution in [-0.4, -0.2) is 60.0 Å². The van der Waals surface area contributed by atoms with Crippen molar-refractivity contribution in [2.75, 3.05) is 33.3 Å². The van der Waals surface area contributed by atoms with E-state index in [1.807, 2.05) is 4.90 Å². The maximum Gasteiger partial charge on any atom is 0.254 e. The lowest BCUT2D eigenvalue weighted by molar-refractivity contribution is 0.0552. The SMILES string of the molecule is COc1cc(C(=O)N2CCN([C@H]3CCc4ccccc4C3)CC2)ccn1. The number of fused-ring (bicyclic) bond motifs is 1. The van der Waals surface area contributed by atoms with Gasteiger partial charge in [-0.2, -0.15) is 0 Å². The molecular weight excluding hydrogens is 326 g/mol. The summed E-state index contributed by atoms with van der Waals surface area (Å²) < 4.78 is 5.13. The van der Waals surface area contributed by atoms with Gasteiger partial charge >= 0.3 is 0 Å². The van der Waals surface area contributed by atoms with Crippen LogP contribution in [-0.2, 0) is 12.8 Å². The average molecular weight is 351 g/mol. The fraction of sp³-hybridized carbons (Fsp3) is 0.429. The number of carbonyl (C=O) groups excluding carboxylic acids is 1. The third-order valence-corrected chi connectivity index (χ3v) is 5.63. The lowest BCUT2D eigenvalue weighted by atomic mass is 9.87. The van der Waals surface area contributed by atoms with E-state index in [4.69, 9.17) is 4.74 Å². The molecule has 1 atom stereocenters. The van der Waals surface area contributed by atoms with Crippen LogP contribution in [0.1, 0.15) is 27.9 Å².